The average molecular weight is 290 g/mol. The summed E-state index contributed by atoms with van der Waals surface area (Å²) in [5.41, 5.74) is 0. The van der Waals surface area contributed by atoms with Gasteiger partial charge >= 0.3 is 6.18 Å². The first-order valence-corrected chi connectivity index (χ1v) is 6.08. The number of hydrogen-bond acceptors (Lipinski definition) is 6. The van der Waals surface area contributed by atoms with Crippen molar-refractivity contribution in [3.05, 3.63) is 24.4 Å². The summed E-state index contributed by atoms with van der Waals surface area (Å²) < 4.78 is 43.0. The Morgan fingerprint density at radius 1 is 1.37 bits per heavy atom. The van der Waals surface area contributed by atoms with E-state index in [0.717, 1.165) is 11.8 Å². The van der Waals surface area contributed by atoms with E-state index in [1.807, 2.05) is 0 Å². The Bertz CT molecular complexity index is 544. The standard InChI is InChI=1S/C10H9F3N4OS/c1-2-14-6-5-7(19-9-15-3-4-18-9)17-8(16-6)10(11,12)13/h3-5H,2H2,1H3,(H,14,16,17). The van der Waals surface area contributed by atoms with Crippen LogP contribution in [0.25, 0.3) is 0 Å². The average Bonchev–Trinajstić information content (AvgIpc) is 2.81. The molecule has 0 bridgehead atoms. The molecule has 0 aromatic carbocycles. The van der Waals surface area contributed by atoms with Gasteiger partial charge in [0, 0.05) is 12.6 Å². The predicted molar refractivity (Wildman–Crippen MR) is 61.8 cm³/mol. The molecule has 2 rings (SSSR count). The van der Waals surface area contributed by atoms with Crippen molar-refractivity contribution in [2.75, 3.05) is 11.9 Å². The van der Waals surface area contributed by atoms with E-state index < -0.39 is 12.0 Å². The van der Waals surface area contributed by atoms with Gasteiger partial charge < -0.3 is 9.73 Å². The Balaban J connectivity index is 2.34. The van der Waals surface area contributed by atoms with Gasteiger partial charge in [-0.25, -0.2) is 15.0 Å². The third-order valence-electron chi connectivity index (χ3n) is 1.92. The molecule has 0 atom stereocenters. The Hall–Kier alpha value is -1.77. The first-order chi connectivity index (χ1) is 8.99. The quantitative estimate of drug-likeness (QED) is 0.873. The van der Waals surface area contributed by atoms with Gasteiger partial charge in [-0.1, -0.05) is 0 Å². The third-order valence-corrected chi connectivity index (χ3v) is 2.71. The van der Waals surface area contributed by atoms with Crippen molar-refractivity contribution in [2.24, 2.45) is 0 Å². The summed E-state index contributed by atoms with van der Waals surface area (Å²) >= 11 is 0.896. The van der Waals surface area contributed by atoms with Crippen LogP contribution in [0.2, 0.25) is 0 Å². The number of hydrogen-bond donors (Lipinski definition) is 1. The molecular formula is C10H9F3N4OS. The summed E-state index contributed by atoms with van der Waals surface area (Å²) in [5, 5.41) is 3.05. The molecule has 0 aliphatic heterocycles. The van der Waals surface area contributed by atoms with Crippen molar-refractivity contribution in [2.45, 2.75) is 23.3 Å². The van der Waals surface area contributed by atoms with Gasteiger partial charge in [0.05, 0.1) is 6.20 Å². The summed E-state index contributed by atoms with van der Waals surface area (Å²) in [6, 6.07) is 1.41. The van der Waals surface area contributed by atoms with Gasteiger partial charge in [0.25, 0.3) is 5.22 Å². The minimum Gasteiger partial charge on any atom is -0.440 e. The number of oxazole rings is 1. The van der Waals surface area contributed by atoms with Gasteiger partial charge in [0.2, 0.25) is 5.82 Å². The SMILES string of the molecule is CCNc1cc(Sc2ncco2)nc(C(F)(F)F)n1. The Morgan fingerprint density at radius 2 is 2.16 bits per heavy atom. The molecule has 0 aliphatic rings. The van der Waals surface area contributed by atoms with Crippen molar-refractivity contribution < 1.29 is 17.6 Å². The second-order valence-electron chi connectivity index (χ2n) is 3.34. The van der Waals surface area contributed by atoms with Crippen LogP contribution >= 0.6 is 11.8 Å². The number of halogens is 3. The molecule has 5 nitrogen and oxygen atoms in total. The number of nitrogens with one attached hydrogen (secondary N) is 1. The van der Waals surface area contributed by atoms with E-state index >= 15 is 0 Å². The second kappa shape index (κ2) is 5.47. The lowest BCUT2D eigenvalue weighted by Gasteiger charge is -2.09. The van der Waals surface area contributed by atoms with Crippen molar-refractivity contribution in [1.29, 1.82) is 0 Å². The molecular weight excluding hydrogens is 281 g/mol. The molecule has 0 saturated carbocycles. The third kappa shape index (κ3) is 3.60. The molecule has 1 N–H and O–H groups in total. The smallest absolute Gasteiger partial charge is 0.440 e. The summed E-state index contributed by atoms with van der Waals surface area (Å²) in [6.07, 6.45) is -1.86. The zero-order valence-corrected chi connectivity index (χ0v) is 10.5. The molecule has 0 amide bonds. The van der Waals surface area contributed by atoms with E-state index in [-0.39, 0.29) is 16.1 Å². The number of aromatic nitrogens is 3. The molecule has 2 heterocycles. The van der Waals surface area contributed by atoms with Crippen molar-refractivity contribution >= 4 is 17.6 Å². The van der Waals surface area contributed by atoms with Gasteiger partial charge in [0.1, 0.15) is 17.1 Å². The van der Waals surface area contributed by atoms with Crippen molar-refractivity contribution in [3.63, 3.8) is 0 Å². The highest BCUT2D eigenvalue weighted by molar-refractivity contribution is 7.99. The summed E-state index contributed by atoms with van der Waals surface area (Å²) in [4.78, 5) is 10.7. The maximum atomic E-state index is 12.7. The van der Waals surface area contributed by atoms with E-state index in [9.17, 15) is 13.2 Å². The fourth-order valence-corrected chi connectivity index (χ4v) is 1.92. The highest BCUT2D eigenvalue weighted by atomic mass is 32.2. The lowest BCUT2D eigenvalue weighted by molar-refractivity contribution is -0.145. The first-order valence-electron chi connectivity index (χ1n) is 5.26. The summed E-state index contributed by atoms with van der Waals surface area (Å²) in [7, 11) is 0. The van der Waals surface area contributed by atoms with Gasteiger partial charge in [-0.15, -0.1) is 0 Å². The van der Waals surface area contributed by atoms with E-state index in [1.165, 1.54) is 18.5 Å². The second-order valence-corrected chi connectivity index (χ2v) is 4.31. The van der Waals surface area contributed by atoms with Crippen LogP contribution in [0.15, 0.2) is 33.2 Å². The van der Waals surface area contributed by atoms with Crippen LogP contribution < -0.4 is 5.32 Å². The minimum absolute atomic E-state index is 0.110. The van der Waals surface area contributed by atoms with E-state index in [1.54, 1.807) is 6.92 Å². The molecule has 2 aromatic rings. The van der Waals surface area contributed by atoms with E-state index in [0.29, 0.717) is 6.54 Å². The molecule has 0 unspecified atom stereocenters. The lowest BCUT2D eigenvalue weighted by atomic mass is 10.5. The molecule has 2 aromatic heterocycles. The fraction of sp³-hybridized carbons (Fsp3) is 0.300. The normalized spacial score (nSPS) is 11.6. The van der Waals surface area contributed by atoms with Gasteiger partial charge in [-0.05, 0) is 18.7 Å². The lowest BCUT2D eigenvalue weighted by Crippen LogP contribution is -2.13. The number of rotatable bonds is 4. The molecule has 19 heavy (non-hydrogen) atoms. The summed E-state index contributed by atoms with van der Waals surface area (Å²) in [5.74, 6) is -1.08. The van der Waals surface area contributed by atoms with Crippen LogP contribution in [0.3, 0.4) is 0 Å². The Morgan fingerprint density at radius 3 is 2.74 bits per heavy atom. The van der Waals surface area contributed by atoms with Crippen LogP contribution in [0.1, 0.15) is 12.7 Å². The zero-order valence-electron chi connectivity index (χ0n) is 9.73. The van der Waals surface area contributed by atoms with Crippen molar-refractivity contribution in [3.8, 4) is 0 Å². The summed E-state index contributed by atoms with van der Waals surface area (Å²) in [6.45, 7) is 2.22. The van der Waals surface area contributed by atoms with Crippen LogP contribution in [-0.4, -0.2) is 21.5 Å². The van der Waals surface area contributed by atoms with Crippen molar-refractivity contribution in [1.82, 2.24) is 15.0 Å². The monoisotopic (exact) mass is 290 g/mol. The maximum Gasteiger partial charge on any atom is 0.451 e. The Kier molecular flexibility index (Phi) is 3.93. The van der Waals surface area contributed by atoms with Crippen LogP contribution in [0, 0.1) is 0 Å². The highest BCUT2D eigenvalue weighted by Gasteiger charge is 2.35. The van der Waals surface area contributed by atoms with Gasteiger partial charge in [-0.3, -0.25) is 0 Å². The van der Waals surface area contributed by atoms with E-state index in [4.69, 9.17) is 4.42 Å². The minimum atomic E-state index is -4.60. The van der Waals surface area contributed by atoms with Crippen LogP contribution in [0.5, 0.6) is 0 Å². The number of anilines is 1. The Labute approximate surface area is 110 Å². The number of alkyl halides is 3. The maximum absolute atomic E-state index is 12.7. The molecule has 0 aliphatic carbocycles. The molecule has 9 heteroatoms. The molecule has 0 saturated heterocycles. The molecule has 0 radical (unpaired) electrons. The molecule has 0 spiro atoms. The number of nitrogens with zero attached hydrogens (tertiary/aromatic N) is 3. The van der Waals surface area contributed by atoms with Gasteiger partial charge in [-0.2, -0.15) is 13.2 Å². The largest absolute Gasteiger partial charge is 0.451 e. The van der Waals surface area contributed by atoms with E-state index in [2.05, 4.69) is 20.3 Å². The highest BCUT2D eigenvalue weighted by Crippen LogP contribution is 2.31. The topological polar surface area (TPSA) is 63.8 Å². The van der Waals surface area contributed by atoms with Crippen LogP contribution in [0.4, 0.5) is 19.0 Å². The first kappa shape index (κ1) is 13.7. The van der Waals surface area contributed by atoms with Gasteiger partial charge in [0.15, 0.2) is 0 Å². The van der Waals surface area contributed by atoms with Crippen LogP contribution in [-0.2, 0) is 6.18 Å². The fourth-order valence-electron chi connectivity index (χ4n) is 1.23. The predicted octanol–water partition coefficient (Wildman–Crippen LogP) is 3.07. The molecule has 0 fully saturated rings. The zero-order chi connectivity index (χ0) is 13.9. The molecule has 102 valence electrons.